The lowest BCUT2D eigenvalue weighted by molar-refractivity contribution is -0.135. The molecular weight excluding hydrogens is 518 g/mol. The van der Waals surface area contributed by atoms with Crippen LogP contribution in [0.3, 0.4) is 0 Å². The number of nitrogens with zero attached hydrogens (tertiary/aromatic N) is 2. The molecule has 1 heterocycles. The van der Waals surface area contributed by atoms with Crippen molar-refractivity contribution in [3.05, 3.63) is 60.2 Å². The maximum atomic E-state index is 13.7. The van der Waals surface area contributed by atoms with Crippen molar-refractivity contribution in [1.29, 1.82) is 0 Å². The molecule has 39 heavy (non-hydrogen) atoms. The molecule has 9 nitrogen and oxygen atoms in total. The van der Waals surface area contributed by atoms with Crippen molar-refractivity contribution in [1.82, 2.24) is 9.21 Å². The second-order valence-electron chi connectivity index (χ2n) is 10.7. The molecule has 2 fully saturated rings. The molecule has 2 unspecified atom stereocenters. The zero-order valence-electron chi connectivity index (χ0n) is 22.4. The first-order chi connectivity index (χ1) is 18.7. The Morgan fingerprint density at radius 3 is 2.41 bits per heavy atom. The Bertz CT molecular complexity index is 1220. The van der Waals surface area contributed by atoms with Crippen LogP contribution in [0.1, 0.15) is 44.1 Å². The van der Waals surface area contributed by atoms with E-state index in [4.69, 9.17) is 10.5 Å². The number of sulfonamides is 1. The van der Waals surface area contributed by atoms with Gasteiger partial charge in [-0.05, 0) is 61.4 Å². The molecule has 2 aromatic rings. The zero-order valence-corrected chi connectivity index (χ0v) is 23.3. The number of amides is 2. The summed E-state index contributed by atoms with van der Waals surface area (Å²) in [6.45, 7) is 0.162. The molecule has 2 aliphatic rings. The van der Waals surface area contributed by atoms with Crippen molar-refractivity contribution in [2.75, 3.05) is 26.7 Å². The van der Waals surface area contributed by atoms with Crippen LogP contribution < -0.4 is 10.5 Å². The van der Waals surface area contributed by atoms with Gasteiger partial charge in [-0.2, -0.15) is 4.31 Å². The predicted octanol–water partition coefficient (Wildman–Crippen LogP) is 2.57. The number of β-amino-alcohol motifs (C(OH)–C–C–N with tert-alkyl or cyclic N) is 1. The van der Waals surface area contributed by atoms with Crippen molar-refractivity contribution in [2.24, 2.45) is 17.6 Å². The highest BCUT2D eigenvalue weighted by molar-refractivity contribution is 7.89. The number of methoxy groups -OCH3 is 1. The third-order valence-corrected chi connectivity index (χ3v) is 9.69. The normalized spacial score (nSPS) is 21.0. The Morgan fingerprint density at radius 1 is 1.13 bits per heavy atom. The fourth-order valence-corrected chi connectivity index (χ4v) is 7.43. The summed E-state index contributed by atoms with van der Waals surface area (Å²) in [5.41, 5.74) is 6.45. The summed E-state index contributed by atoms with van der Waals surface area (Å²) >= 11 is 0. The van der Waals surface area contributed by atoms with Crippen molar-refractivity contribution in [3.63, 3.8) is 0 Å². The molecule has 0 radical (unpaired) electrons. The van der Waals surface area contributed by atoms with Crippen molar-refractivity contribution < 1.29 is 27.9 Å². The number of aliphatic hydroxyl groups excluding tert-OH is 1. The summed E-state index contributed by atoms with van der Waals surface area (Å²) in [6, 6.07) is 15.7. The Kier molecular flexibility index (Phi) is 9.63. The van der Waals surface area contributed by atoms with Crippen LogP contribution in [0, 0.1) is 11.8 Å². The lowest BCUT2D eigenvalue weighted by atomic mass is 9.97. The van der Waals surface area contributed by atoms with E-state index in [0.29, 0.717) is 25.1 Å². The van der Waals surface area contributed by atoms with E-state index in [-0.39, 0.29) is 42.3 Å². The summed E-state index contributed by atoms with van der Waals surface area (Å²) in [6.07, 6.45) is 3.91. The average Bonchev–Trinajstić information content (AvgIpc) is 3.53. The number of nitrogens with two attached hydrogens (primary N) is 1. The zero-order chi connectivity index (χ0) is 28.0. The molecule has 3 atom stereocenters. The number of aliphatic hydroxyl groups is 1. The summed E-state index contributed by atoms with van der Waals surface area (Å²) in [5.74, 6) is -0.527. The Morgan fingerprint density at radius 2 is 1.79 bits per heavy atom. The fourth-order valence-electron chi connectivity index (χ4n) is 5.87. The maximum Gasteiger partial charge on any atom is 0.243 e. The van der Waals surface area contributed by atoms with Crippen LogP contribution in [-0.2, 0) is 26.0 Å². The smallest absolute Gasteiger partial charge is 0.243 e. The highest BCUT2D eigenvalue weighted by atomic mass is 32.2. The van der Waals surface area contributed by atoms with Crippen LogP contribution in [0.15, 0.2) is 59.5 Å². The van der Waals surface area contributed by atoms with Gasteiger partial charge in [0.2, 0.25) is 21.8 Å². The van der Waals surface area contributed by atoms with Gasteiger partial charge in [0.05, 0.1) is 18.1 Å². The molecule has 0 aromatic heterocycles. The van der Waals surface area contributed by atoms with Crippen molar-refractivity contribution in [3.8, 4) is 5.75 Å². The molecule has 4 rings (SSSR count). The predicted molar refractivity (Wildman–Crippen MR) is 147 cm³/mol. The fraction of sp³-hybridized carbons (Fsp3) is 0.517. The van der Waals surface area contributed by atoms with Gasteiger partial charge in [0.15, 0.2) is 0 Å². The van der Waals surface area contributed by atoms with Gasteiger partial charge in [-0.1, -0.05) is 43.2 Å². The summed E-state index contributed by atoms with van der Waals surface area (Å²) in [5, 5.41) is 11.2. The summed E-state index contributed by atoms with van der Waals surface area (Å²) < 4.78 is 33.9. The molecular formula is C29H39N3O6S. The van der Waals surface area contributed by atoms with Gasteiger partial charge in [-0.15, -0.1) is 0 Å². The lowest BCUT2D eigenvalue weighted by Crippen LogP contribution is -2.47. The third kappa shape index (κ3) is 7.38. The molecule has 3 N–H and O–H groups in total. The van der Waals surface area contributed by atoms with E-state index < -0.39 is 28.0 Å². The van der Waals surface area contributed by atoms with E-state index >= 15 is 0 Å². The monoisotopic (exact) mass is 557 g/mol. The molecule has 1 aliphatic heterocycles. The van der Waals surface area contributed by atoms with E-state index in [1.807, 2.05) is 30.3 Å². The minimum absolute atomic E-state index is 0.0229. The highest BCUT2D eigenvalue weighted by Crippen LogP contribution is 2.31. The van der Waals surface area contributed by atoms with Crippen LogP contribution >= 0.6 is 0 Å². The first kappa shape index (κ1) is 29.0. The maximum absolute atomic E-state index is 13.7. The van der Waals surface area contributed by atoms with Crippen LogP contribution in [0.5, 0.6) is 5.75 Å². The number of ether oxygens (including phenoxy) is 1. The second kappa shape index (κ2) is 12.9. The number of carbonyl (C=O) groups excluding carboxylic acids is 2. The molecule has 10 heteroatoms. The number of rotatable bonds is 13. The topological polar surface area (TPSA) is 130 Å². The number of likely N-dealkylation sites (tertiary alicyclic amines) is 1. The van der Waals surface area contributed by atoms with E-state index in [1.54, 1.807) is 17.0 Å². The molecule has 0 bridgehead atoms. The van der Waals surface area contributed by atoms with Gasteiger partial charge in [0.25, 0.3) is 0 Å². The SMILES string of the molecule is COc1ccc(S(=O)(=O)N(CC(O)CN2C(=O)C(CC(N)=O)C[C@@H]2Cc2ccccc2)CC2CCCC2)cc1. The lowest BCUT2D eigenvalue weighted by Gasteiger charge is -2.31. The summed E-state index contributed by atoms with van der Waals surface area (Å²) in [7, 11) is -2.37. The van der Waals surface area contributed by atoms with Gasteiger partial charge in [-0.3, -0.25) is 9.59 Å². The number of benzene rings is 2. The molecule has 1 saturated carbocycles. The molecule has 0 spiro atoms. The third-order valence-electron chi connectivity index (χ3n) is 7.85. The molecule has 2 aromatic carbocycles. The molecule has 1 aliphatic carbocycles. The van der Waals surface area contributed by atoms with Crippen LogP contribution in [0.2, 0.25) is 0 Å². The van der Waals surface area contributed by atoms with E-state index in [9.17, 15) is 23.1 Å². The van der Waals surface area contributed by atoms with Crippen molar-refractivity contribution >= 4 is 21.8 Å². The Labute approximate surface area is 231 Å². The largest absolute Gasteiger partial charge is 0.497 e. The number of primary amides is 1. The van der Waals surface area contributed by atoms with Gasteiger partial charge in [0.1, 0.15) is 5.75 Å². The van der Waals surface area contributed by atoms with Gasteiger partial charge in [-0.25, -0.2) is 8.42 Å². The summed E-state index contributed by atoms with van der Waals surface area (Å²) in [4.78, 5) is 26.6. The quantitative estimate of drug-likeness (QED) is 0.389. The second-order valence-corrected chi connectivity index (χ2v) is 12.7. The minimum atomic E-state index is -3.89. The van der Waals surface area contributed by atoms with Gasteiger partial charge in [0, 0.05) is 38.0 Å². The first-order valence-electron chi connectivity index (χ1n) is 13.6. The molecule has 1 saturated heterocycles. The average molecular weight is 558 g/mol. The van der Waals surface area contributed by atoms with Crippen LogP contribution in [0.4, 0.5) is 0 Å². The van der Waals surface area contributed by atoms with Crippen molar-refractivity contribution in [2.45, 2.75) is 62.0 Å². The van der Waals surface area contributed by atoms with E-state index in [1.165, 1.54) is 23.5 Å². The van der Waals surface area contributed by atoms with E-state index in [2.05, 4.69) is 0 Å². The molecule has 212 valence electrons. The van der Waals surface area contributed by atoms with Gasteiger partial charge >= 0.3 is 0 Å². The highest BCUT2D eigenvalue weighted by Gasteiger charge is 2.41. The van der Waals surface area contributed by atoms with Gasteiger partial charge < -0.3 is 20.5 Å². The first-order valence-corrected chi connectivity index (χ1v) is 15.1. The van der Waals surface area contributed by atoms with E-state index in [0.717, 1.165) is 31.2 Å². The van der Waals surface area contributed by atoms with Crippen LogP contribution in [0.25, 0.3) is 0 Å². The molecule has 2 amide bonds. The number of carbonyl (C=O) groups is 2. The number of hydrogen-bond donors (Lipinski definition) is 2. The number of hydrogen-bond acceptors (Lipinski definition) is 6. The Balaban J connectivity index is 1.52. The van der Waals surface area contributed by atoms with Crippen LogP contribution in [-0.4, -0.2) is 73.4 Å². The standard InChI is InChI=1S/C29H39N3O6S/c1-38-26-11-13-27(14-12-26)39(36,37)31(18-22-9-5-6-10-22)19-25(33)20-32-24(15-21-7-3-2-4-8-21)16-23(29(32)35)17-28(30)34/h2-4,7-8,11-14,22-25,33H,5-6,9-10,15-20H2,1H3,(H2,30,34)/t23?,24-,25?/m0/s1. The minimum Gasteiger partial charge on any atom is -0.497 e. The Hall–Kier alpha value is -2.95.